The first-order valence-corrected chi connectivity index (χ1v) is 10.5. The fraction of sp³-hybridized carbons (Fsp3) is 0.294. The fourth-order valence-electron chi connectivity index (χ4n) is 2.69. The summed E-state index contributed by atoms with van der Waals surface area (Å²) in [7, 11) is -3.78. The number of sulfonamides is 1. The molecule has 10 heteroatoms. The summed E-state index contributed by atoms with van der Waals surface area (Å²) in [4.78, 5) is 0. The van der Waals surface area contributed by atoms with Crippen LogP contribution < -0.4 is 14.2 Å². The van der Waals surface area contributed by atoms with Crippen LogP contribution in [0.4, 0.5) is 5.69 Å². The van der Waals surface area contributed by atoms with E-state index in [1.807, 2.05) is 0 Å². The van der Waals surface area contributed by atoms with Gasteiger partial charge in [0.05, 0.1) is 18.9 Å². The summed E-state index contributed by atoms with van der Waals surface area (Å²) in [6.45, 7) is 1.07. The van der Waals surface area contributed by atoms with Gasteiger partial charge in [-0.1, -0.05) is 12.1 Å². The molecule has 0 radical (unpaired) electrons. The van der Waals surface area contributed by atoms with Gasteiger partial charge in [0.1, 0.15) is 4.21 Å². The van der Waals surface area contributed by atoms with Crippen molar-refractivity contribution in [2.24, 2.45) is 0 Å². The molecular weight excluding hydrogens is 394 g/mol. The van der Waals surface area contributed by atoms with Gasteiger partial charge in [0.2, 0.25) is 12.5 Å². The summed E-state index contributed by atoms with van der Waals surface area (Å²) >= 11 is 1.10. The van der Waals surface area contributed by atoms with Crippen molar-refractivity contribution in [1.29, 1.82) is 0 Å². The van der Waals surface area contributed by atoms with E-state index in [1.165, 1.54) is 12.1 Å². The number of hydrogen-bond donors (Lipinski definition) is 2. The van der Waals surface area contributed by atoms with E-state index in [1.54, 1.807) is 23.6 Å². The van der Waals surface area contributed by atoms with Crippen LogP contribution in [-0.4, -0.2) is 39.8 Å². The molecule has 1 saturated heterocycles. The van der Waals surface area contributed by atoms with Crippen LogP contribution in [-0.2, 0) is 19.5 Å². The zero-order valence-electron chi connectivity index (χ0n) is 14.1. The number of fused-ring (bicyclic) bond motifs is 1. The van der Waals surface area contributed by atoms with E-state index < -0.39 is 16.3 Å². The first-order valence-electron chi connectivity index (χ1n) is 8.18. The third kappa shape index (κ3) is 3.74. The maximum Gasteiger partial charge on any atom is 0.271 e. The number of phenols is 1. The average Bonchev–Trinajstić information content (AvgIpc) is 3.36. The van der Waals surface area contributed by atoms with Gasteiger partial charge in [-0.3, -0.25) is 4.72 Å². The van der Waals surface area contributed by atoms with Crippen LogP contribution in [0.2, 0.25) is 0 Å². The maximum absolute atomic E-state index is 12.5. The van der Waals surface area contributed by atoms with Crippen LogP contribution in [0.15, 0.2) is 33.9 Å². The third-order valence-electron chi connectivity index (χ3n) is 3.94. The molecule has 144 valence electrons. The molecule has 0 amide bonds. The fourth-order valence-corrected chi connectivity index (χ4v) is 4.73. The largest absolute Gasteiger partial charge is 0.504 e. The Morgan fingerprint density at radius 3 is 2.74 bits per heavy atom. The smallest absolute Gasteiger partial charge is 0.271 e. The molecule has 2 aromatic rings. The zero-order chi connectivity index (χ0) is 18.9. The number of nitrogens with one attached hydrogen (secondary N) is 1. The van der Waals surface area contributed by atoms with Crippen molar-refractivity contribution < 1.29 is 32.5 Å². The molecule has 4 rings (SSSR count). The molecule has 2 aliphatic heterocycles. The van der Waals surface area contributed by atoms with Gasteiger partial charge in [-0.05, 0) is 30.0 Å². The van der Waals surface area contributed by atoms with Crippen molar-refractivity contribution in [2.75, 3.05) is 24.7 Å². The number of ether oxygens (including phenoxy) is 4. The zero-order valence-corrected chi connectivity index (χ0v) is 15.7. The highest BCUT2D eigenvalue weighted by atomic mass is 32.2. The minimum Gasteiger partial charge on any atom is -0.504 e. The Bertz CT molecular complexity index is 948. The Kier molecular flexibility index (Phi) is 4.96. The molecule has 2 aliphatic rings. The predicted molar refractivity (Wildman–Crippen MR) is 98.7 cm³/mol. The first-order chi connectivity index (χ1) is 13.0. The lowest BCUT2D eigenvalue weighted by atomic mass is 10.1. The highest BCUT2D eigenvalue weighted by Crippen LogP contribution is 2.48. The molecule has 0 saturated carbocycles. The van der Waals surface area contributed by atoms with Gasteiger partial charge in [-0.15, -0.1) is 11.3 Å². The normalized spacial score (nSPS) is 17.5. The quantitative estimate of drug-likeness (QED) is 0.729. The molecule has 8 nitrogen and oxygen atoms in total. The van der Waals surface area contributed by atoms with Gasteiger partial charge in [-0.25, -0.2) is 8.42 Å². The summed E-state index contributed by atoms with van der Waals surface area (Å²) in [5.41, 5.74) is 0.528. The number of anilines is 1. The van der Waals surface area contributed by atoms with Crippen LogP contribution in [0, 0.1) is 0 Å². The summed E-state index contributed by atoms with van der Waals surface area (Å²) in [5, 5.41) is 12.1. The monoisotopic (exact) mass is 411 g/mol. The standard InChI is InChI=1S/C17H17NO7S2/c19-15-11(4-5-13-22-6-2-7-23-13)9-12(16-17(15)25-10-24-16)18-27(20,21)14-3-1-8-26-14/h1,3-5,8-9,13,18-19H,2,6-7,10H2. The van der Waals surface area contributed by atoms with Gasteiger partial charge in [0.15, 0.2) is 17.8 Å². The number of thiophene rings is 1. The van der Waals surface area contributed by atoms with Crippen molar-refractivity contribution in [3.05, 3.63) is 35.2 Å². The minimum atomic E-state index is -3.78. The van der Waals surface area contributed by atoms with Crippen LogP contribution >= 0.6 is 11.3 Å². The molecule has 0 aliphatic carbocycles. The van der Waals surface area contributed by atoms with Crippen molar-refractivity contribution >= 4 is 33.1 Å². The second-order valence-electron chi connectivity index (χ2n) is 5.79. The van der Waals surface area contributed by atoms with Crippen molar-refractivity contribution in [3.63, 3.8) is 0 Å². The van der Waals surface area contributed by atoms with E-state index in [0.717, 1.165) is 17.8 Å². The maximum atomic E-state index is 12.5. The van der Waals surface area contributed by atoms with Gasteiger partial charge >= 0.3 is 0 Å². The highest BCUT2D eigenvalue weighted by Gasteiger charge is 2.27. The molecule has 27 heavy (non-hydrogen) atoms. The molecule has 0 bridgehead atoms. The highest BCUT2D eigenvalue weighted by molar-refractivity contribution is 7.94. The summed E-state index contributed by atoms with van der Waals surface area (Å²) in [6.07, 6.45) is 3.55. The molecule has 1 fully saturated rings. The van der Waals surface area contributed by atoms with E-state index in [4.69, 9.17) is 18.9 Å². The van der Waals surface area contributed by atoms with Gasteiger partial charge in [0, 0.05) is 5.56 Å². The van der Waals surface area contributed by atoms with Crippen molar-refractivity contribution in [1.82, 2.24) is 0 Å². The second kappa shape index (κ2) is 7.39. The molecule has 0 unspecified atom stereocenters. The third-order valence-corrected chi connectivity index (χ3v) is 6.70. The summed E-state index contributed by atoms with van der Waals surface area (Å²) in [6, 6.07) is 4.63. The lowest BCUT2D eigenvalue weighted by Gasteiger charge is -2.20. The SMILES string of the molecule is O=S(=O)(Nc1cc(C=CC2OCCCO2)c(O)c2c1OCO2)c1cccs1. The Hall–Kier alpha value is -2.27. The lowest BCUT2D eigenvalue weighted by Crippen LogP contribution is -2.22. The molecule has 1 aromatic heterocycles. The summed E-state index contributed by atoms with van der Waals surface area (Å²) in [5.74, 6) is 0.0927. The Morgan fingerprint density at radius 1 is 1.22 bits per heavy atom. The van der Waals surface area contributed by atoms with Crippen LogP contribution in [0.1, 0.15) is 12.0 Å². The molecular formula is C17H17NO7S2. The second-order valence-corrected chi connectivity index (χ2v) is 8.64. The van der Waals surface area contributed by atoms with E-state index in [0.29, 0.717) is 18.8 Å². The van der Waals surface area contributed by atoms with Gasteiger partial charge in [-0.2, -0.15) is 0 Å². The van der Waals surface area contributed by atoms with Crippen molar-refractivity contribution in [2.45, 2.75) is 16.9 Å². The Morgan fingerprint density at radius 2 is 2.00 bits per heavy atom. The lowest BCUT2D eigenvalue weighted by molar-refractivity contribution is -0.149. The van der Waals surface area contributed by atoms with Crippen molar-refractivity contribution in [3.8, 4) is 17.2 Å². The van der Waals surface area contributed by atoms with Crippen LogP contribution in [0.5, 0.6) is 17.2 Å². The molecule has 2 N–H and O–H groups in total. The minimum absolute atomic E-state index is 0.0894. The number of hydrogen-bond acceptors (Lipinski definition) is 8. The van der Waals surface area contributed by atoms with E-state index in [9.17, 15) is 13.5 Å². The number of aromatic hydroxyl groups is 1. The number of benzene rings is 1. The topological polar surface area (TPSA) is 103 Å². The molecule has 0 spiro atoms. The van der Waals surface area contributed by atoms with Gasteiger partial charge in [0.25, 0.3) is 10.0 Å². The molecule has 0 atom stereocenters. The number of phenolic OH excluding ortho intramolecular Hbond substituents is 1. The Labute approximate surface area is 160 Å². The van der Waals surface area contributed by atoms with Gasteiger partial charge < -0.3 is 24.1 Å². The van der Waals surface area contributed by atoms with E-state index in [2.05, 4.69) is 4.72 Å². The first kappa shape index (κ1) is 18.1. The van der Waals surface area contributed by atoms with E-state index in [-0.39, 0.29) is 33.9 Å². The average molecular weight is 411 g/mol. The van der Waals surface area contributed by atoms with Crippen LogP contribution in [0.25, 0.3) is 6.08 Å². The summed E-state index contributed by atoms with van der Waals surface area (Å²) < 4.78 is 49.3. The van der Waals surface area contributed by atoms with Crippen LogP contribution in [0.3, 0.4) is 0 Å². The number of rotatable bonds is 5. The van der Waals surface area contributed by atoms with E-state index >= 15 is 0 Å². The Balaban J connectivity index is 1.67. The molecule has 1 aromatic carbocycles. The molecule has 3 heterocycles. The predicted octanol–water partition coefficient (Wildman–Crippen LogP) is 2.76.